The molecular formula is C28H25N3O5. The molecule has 2 atom stereocenters. The minimum Gasteiger partial charge on any atom is -0.503 e. The van der Waals surface area contributed by atoms with Crippen molar-refractivity contribution in [2.75, 3.05) is 7.11 Å². The van der Waals surface area contributed by atoms with Gasteiger partial charge in [0.1, 0.15) is 6.10 Å². The number of esters is 1. The van der Waals surface area contributed by atoms with Crippen molar-refractivity contribution in [1.82, 2.24) is 4.98 Å². The van der Waals surface area contributed by atoms with Gasteiger partial charge in [0.15, 0.2) is 23.0 Å². The van der Waals surface area contributed by atoms with E-state index >= 15 is 0 Å². The molecule has 2 aromatic carbocycles. The van der Waals surface area contributed by atoms with E-state index in [0.29, 0.717) is 11.1 Å². The van der Waals surface area contributed by atoms with E-state index in [2.05, 4.69) is 17.1 Å². The van der Waals surface area contributed by atoms with Gasteiger partial charge in [-0.3, -0.25) is 9.59 Å². The highest BCUT2D eigenvalue weighted by Gasteiger charge is 2.29. The van der Waals surface area contributed by atoms with Gasteiger partial charge in [0.2, 0.25) is 0 Å². The summed E-state index contributed by atoms with van der Waals surface area (Å²) in [5, 5.41) is 28.4. The van der Waals surface area contributed by atoms with E-state index in [1.807, 2.05) is 0 Å². The summed E-state index contributed by atoms with van der Waals surface area (Å²) in [6.07, 6.45) is 0.508. The van der Waals surface area contributed by atoms with Gasteiger partial charge in [0, 0.05) is 24.6 Å². The predicted octanol–water partition coefficient (Wildman–Crippen LogP) is 4.51. The van der Waals surface area contributed by atoms with Gasteiger partial charge < -0.3 is 14.6 Å². The quantitative estimate of drug-likeness (QED) is 0.347. The zero-order valence-corrected chi connectivity index (χ0v) is 20.1. The second-order valence-electron chi connectivity index (χ2n) is 8.33. The summed E-state index contributed by atoms with van der Waals surface area (Å²) in [5.74, 6) is -2.52. The number of nitrogens with zero attached hydrogens (tertiary/aromatic N) is 3. The van der Waals surface area contributed by atoms with Crippen LogP contribution < -0.4 is 4.74 Å². The maximum Gasteiger partial charge on any atom is 0.309 e. The SMILES string of the molecule is COc1ccnc(C(=O)C[C@@H](C)C(=O)O[C@@H](C)C(c2ccc(C#N)cc2)c2ccc(C#N)cc2)c1O. The average Bonchev–Trinajstić information content (AvgIpc) is 2.89. The smallest absolute Gasteiger partial charge is 0.309 e. The summed E-state index contributed by atoms with van der Waals surface area (Å²) in [6.45, 7) is 3.32. The second-order valence-corrected chi connectivity index (χ2v) is 8.33. The number of rotatable bonds is 9. The number of benzene rings is 2. The van der Waals surface area contributed by atoms with E-state index in [0.717, 1.165) is 11.1 Å². The van der Waals surface area contributed by atoms with Crippen LogP contribution in [0.4, 0.5) is 0 Å². The number of ketones is 1. The molecule has 3 rings (SSSR count). The Balaban J connectivity index is 1.79. The van der Waals surface area contributed by atoms with Gasteiger partial charge >= 0.3 is 5.97 Å². The fraction of sp³-hybridized carbons (Fsp3) is 0.250. The van der Waals surface area contributed by atoms with Crippen LogP contribution >= 0.6 is 0 Å². The highest BCUT2D eigenvalue weighted by Crippen LogP contribution is 2.32. The topological polar surface area (TPSA) is 133 Å². The zero-order valence-electron chi connectivity index (χ0n) is 20.1. The lowest BCUT2D eigenvalue weighted by atomic mass is 9.86. The molecule has 1 N–H and O–H groups in total. The Kier molecular flexibility index (Phi) is 8.38. The van der Waals surface area contributed by atoms with E-state index < -0.39 is 23.8 Å². The van der Waals surface area contributed by atoms with Crippen LogP contribution in [0.3, 0.4) is 0 Å². The van der Waals surface area contributed by atoms with Crippen molar-refractivity contribution < 1.29 is 24.2 Å². The van der Waals surface area contributed by atoms with E-state index in [9.17, 15) is 14.7 Å². The molecule has 1 aromatic heterocycles. The molecule has 0 aliphatic carbocycles. The van der Waals surface area contributed by atoms with Crippen LogP contribution in [0.25, 0.3) is 0 Å². The van der Waals surface area contributed by atoms with E-state index in [-0.39, 0.29) is 29.5 Å². The van der Waals surface area contributed by atoms with Crippen LogP contribution in [0.5, 0.6) is 11.5 Å². The van der Waals surface area contributed by atoms with E-state index in [4.69, 9.17) is 20.0 Å². The maximum atomic E-state index is 12.9. The largest absolute Gasteiger partial charge is 0.503 e. The lowest BCUT2D eigenvalue weighted by molar-refractivity contribution is -0.153. The molecule has 3 aromatic rings. The minimum absolute atomic E-state index is 0.116. The van der Waals surface area contributed by atoms with Crippen molar-refractivity contribution in [3.63, 3.8) is 0 Å². The molecule has 0 bridgehead atoms. The van der Waals surface area contributed by atoms with Gasteiger partial charge in [-0.05, 0) is 42.3 Å². The van der Waals surface area contributed by atoms with Gasteiger partial charge in [-0.2, -0.15) is 10.5 Å². The summed E-state index contributed by atoms with van der Waals surface area (Å²) in [7, 11) is 1.36. The maximum absolute atomic E-state index is 12.9. The Bertz CT molecular complexity index is 1260. The van der Waals surface area contributed by atoms with Crippen LogP contribution in [0.15, 0.2) is 60.8 Å². The Hall–Kier alpha value is -4.69. The van der Waals surface area contributed by atoms with Crippen molar-refractivity contribution in [3.8, 4) is 23.6 Å². The molecule has 36 heavy (non-hydrogen) atoms. The third-order valence-electron chi connectivity index (χ3n) is 5.83. The lowest BCUT2D eigenvalue weighted by Gasteiger charge is -2.26. The van der Waals surface area contributed by atoms with Crippen LogP contribution in [0.1, 0.15) is 58.9 Å². The average molecular weight is 484 g/mol. The first-order chi connectivity index (χ1) is 17.3. The molecule has 0 aliphatic rings. The number of hydrogen-bond acceptors (Lipinski definition) is 8. The summed E-state index contributed by atoms with van der Waals surface area (Å²) >= 11 is 0. The van der Waals surface area contributed by atoms with Crippen molar-refractivity contribution in [2.24, 2.45) is 5.92 Å². The molecule has 0 saturated heterocycles. The Morgan fingerprint density at radius 3 is 1.94 bits per heavy atom. The Labute approximate surface area is 209 Å². The number of carbonyl (C=O) groups excluding carboxylic acids is 2. The van der Waals surface area contributed by atoms with Gasteiger partial charge in [-0.1, -0.05) is 31.2 Å². The number of aromatic nitrogens is 1. The molecule has 0 unspecified atom stereocenters. The zero-order chi connectivity index (χ0) is 26.2. The van der Waals surface area contributed by atoms with Gasteiger partial charge in [-0.15, -0.1) is 0 Å². The third kappa shape index (κ3) is 5.86. The molecule has 8 heteroatoms. The molecule has 8 nitrogen and oxygen atoms in total. The number of nitriles is 2. The summed E-state index contributed by atoms with van der Waals surface area (Å²) in [5.41, 5.74) is 2.49. The molecule has 1 heterocycles. The van der Waals surface area contributed by atoms with Crippen molar-refractivity contribution in [3.05, 3.63) is 88.7 Å². The summed E-state index contributed by atoms with van der Waals surface area (Å²) in [6, 6.07) is 19.6. The fourth-order valence-electron chi connectivity index (χ4n) is 3.90. The number of ether oxygens (including phenoxy) is 2. The fourth-order valence-corrected chi connectivity index (χ4v) is 3.90. The van der Waals surface area contributed by atoms with Gasteiger partial charge in [-0.25, -0.2) is 4.98 Å². The minimum atomic E-state index is -0.796. The van der Waals surface area contributed by atoms with E-state index in [1.165, 1.54) is 19.4 Å². The number of methoxy groups -OCH3 is 1. The third-order valence-corrected chi connectivity index (χ3v) is 5.83. The first-order valence-corrected chi connectivity index (χ1v) is 11.2. The first-order valence-electron chi connectivity index (χ1n) is 11.2. The van der Waals surface area contributed by atoms with Crippen LogP contribution in [-0.4, -0.2) is 35.1 Å². The lowest BCUT2D eigenvalue weighted by Crippen LogP contribution is -2.28. The standard InChI is InChI=1S/C28H25N3O5/c1-17(14-23(32)26-27(33)24(35-3)12-13-31-26)28(34)36-18(2)25(21-8-4-19(15-29)5-9-21)22-10-6-20(16-30)7-11-22/h4-13,17-18,25,33H,14H2,1-3H3/t17-,18+/m1/s1. The number of carbonyl (C=O) groups is 2. The predicted molar refractivity (Wildman–Crippen MR) is 130 cm³/mol. The van der Waals surface area contributed by atoms with Crippen molar-refractivity contribution in [2.45, 2.75) is 32.3 Å². The molecule has 0 aliphatic heterocycles. The van der Waals surface area contributed by atoms with Crippen LogP contribution in [0, 0.1) is 28.6 Å². The van der Waals surface area contributed by atoms with Crippen molar-refractivity contribution >= 4 is 11.8 Å². The second kappa shape index (κ2) is 11.6. The highest BCUT2D eigenvalue weighted by molar-refractivity contribution is 5.99. The molecule has 0 spiro atoms. The van der Waals surface area contributed by atoms with Crippen molar-refractivity contribution in [1.29, 1.82) is 10.5 Å². The Morgan fingerprint density at radius 2 is 1.47 bits per heavy atom. The first kappa shape index (κ1) is 25.9. The molecule has 0 radical (unpaired) electrons. The molecule has 0 amide bonds. The number of hydrogen-bond donors (Lipinski definition) is 1. The van der Waals surface area contributed by atoms with E-state index in [1.54, 1.807) is 62.4 Å². The number of aromatic hydroxyl groups is 1. The summed E-state index contributed by atoms with van der Waals surface area (Å²) in [4.78, 5) is 29.5. The molecule has 0 saturated carbocycles. The van der Waals surface area contributed by atoms with Crippen LogP contribution in [-0.2, 0) is 9.53 Å². The summed E-state index contributed by atoms with van der Waals surface area (Å²) < 4.78 is 10.8. The number of Topliss-reactive ketones (excluding diaryl/α,β-unsaturated/α-hetero) is 1. The highest BCUT2D eigenvalue weighted by atomic mass is 16.5. The Morgan fingerprint density at radius 1 is 0.944 bits per heavy atom. The van der Waals surface area contributed by atoms with Gasteiger partial charge in [0.25, 0.3) is 0 Å². The normalized spacial score (nSPS) is 12.2. The molecule has 182 valence electrons. The monoisotopic (exact) mass is 483 g/mol. The van der Waals surface area contributed by atoms with Crippen LogP contribution in [0.2, 0.25) is 0 Å². The molecular weight excluding hydrogens is 458 g/mol. The molecule has 0 fully saturated rings. The number of pyridine rings is 1. The van der Waals surface area contributed by atoms with Gasteiger partial charge in [0.05, 0.1) is 36.3 Å².